The Labute approximate surface area is 161 Å². The molecule has 26 heavy (non-hydrogen) atoms. The zero-order chi connectivity index (χ0) is 18.4. The minimum absolute atomic E-state index is 0.0436. The van der Waals surface area contributed by atoms with Gasteiger partial charge in [-0.2, -0.15) is 0 Å². The van der Waals surface area contributed by atoms with Crippen molar-refractivity contribution in [2.24, 2.45) is 23.7 Å². The standard InChI is InChI=1S/C20H23BrN2O3/c1-2-11-10-14(21)5-6-15(11)22-16(24)7-8-23-19(25)17-12-3-4-13(9-12)18(17)20(23)26/h5-6,10,12-13,17-18H,2-4,7-9H2,1H3,(H,22,24)/t12-,13-,17-,18+/m1/s1. The number of amides is 3. The van der Waals surface area contributed by atoms with Crippen molar-refractivity contribution in [1.29, 1.82) is 0 Å². The second-order valence-corrected chi connectivity index (χ2v) is 8.58. The first kappa shape index (κ1) is 17.7. The first-order valence-corrected chi connectivity index (χ1v) is 10.2. The van der Waals surface area contributed by atoms with Gasteiger partial charge in [-0.3, -0.25) is 19.3 Å². The SMILES string of the molecule is CCc1cc(Br)ccc1NC(=O)CCN1C(=O)[C@@H]2[C@@H]3CC[C@H](C3)[C@@H]2C1=O. The second kappa shape index (κ2) is 6.80. The molecule has 3 amide bonds. The summed E-state index contributed by atoms with van der Waals surface area (Å²) in [5, 5.41) is 2.91. The Morgan fingerprint density at radius 3 is 2.46 bits per heavy atom. The molecular weight excluding hydrogens is 396 g/mol. The van der Waals surface area contributed by atoms with Crippen LogP contribution in [0, 0.1) is 23.7 Å². The molecule has 2 bridgehead atoms. The minimum Gasteiger partial charge on any atom is -0.326 e. The summed E-state index contributed by atoms with van der Waals surface area (Å²) in [6.07, 6.45) is 4.13. The summed E-state index contributed by atoms with van der Waals surface area (Å²) in [5.41, 5.74) is 1.84. The first-order valence-electron chi connectivity index (χ1n) is 9.43. The number of halogens is 1. The highest BCUT2D eigenvalue weighted by atomic mass is 79.9. The lowest BCUT2D eigenvalue weighted by Crippen LogP contribution is -2.35. The van der Waals surface area contributed by atoms with E-state index in [1.165, 1.54) is 4.90 Å². The molecule has 1 N–H and O–H groups in total. The quantitative estimate of drug-likeness (QED) is 0.745. The maximum atomic E-state index is 12.7. The van der Waals surface area contributed by atoms with Gasteiger partial charge in [0.2, 0.25) is 17.7 Å². The largest absolute Gasteiger partial charge is 0.326 e. The van der Waals surface area contributed by atoms with Crippen LogP contribution in [-0.2, 0) is 20.8 Å². The van der Waals surface area contributed by atoms with E-state index in [9.17, 15) is 14.4 Å². The number of aryl methyl sites for hydroxylation is 1. The van der Waals surface area contributed by atoms with Crippen LogP contribution in [0.4, 0.5) is 5.69 Å². The molecule has 2 saturated carbocycles. The summed E-state index contributed by atoms with van der Waals surface area (Å²) in [4.78, 5) is 39.0. The van der Waals surface area contributed by atoms with Gasteiger partial charge >= 0.3 is 0 Å². The van der Waals surface area contributed by atoms with Crippen molar-refractivity contribution in [3.05, 3.63) is 28.2 Å². The van der Waals surface area contributed by atoms with Gasteiger partial charge < -0.3 is 5.32 Å². The molecule has 1 aliphatic heterocycles. The Bertz CT molecular complexity index is 750. The molecule has 2 aliphatic carbocycles. The molecule has 6 heteroatoms. The van der Waals surface area contributed by atoms with Crippen molar-refractivity contribution in [3.63, 3.8) is 0 Å². The summed E-state index contributed by atoms with van der Waals surface area (Å²) < 4.78 is 0.974. The minimum atomic E-state index is -0.164. The topological polar surface area (TPSA) is 66.5 Å². The van der Waals surface area contributed by atoms with Crippen molar-refractivity contribution in [2.75, 3.05) is 11.9 Å². The van der Waals surface area contributed by atoms with E-state index in [2.05, 4.69) is 21.2 Å². The van der Waals surface area contributed by atoms with Crippen molar-refractivity contribution in [1.82, 2.24) is 4.90 Å². The molecule has 0 unspecified atom stereocenters. The number of nitrogens with one attached hydrogen (secondary N) is 1. The van der Waals surface area contributed by atoms with Gasteiger partial charge in [-0.25, -0.2) is 0 Å². The number of likely N-dealkylation sites (tertiary alicyclic amines) is 1. The molecule has 0 aromatic heterocycles. The molecule has 1 aromatic rings. The predicted octanol–water partition coefficient (Wildman–Crippen LogP) is 3.37. The number of nitrogens with zero attached hydrogens (tertiary/aromatic N) is 1. The molecule has 3 fully saturated rings. The van der Waals surface area contributed by atoms with Crippen LogP contribution < -0.4 is 5.32 Å². The highest BCUT2D eigenvalue weighted by Crippen LogP contribution is 2.56. The van der Waals surface area contributed by atoms with Gasteiger partial charge in [0.15, 0.2) is 0 Å². The van der Waals surface area contributed by atoms with Crippen LogP contribution in [0.25, 0.3) is 0 Å². The summed E-state index contributed by atoms with van der Waals surface area (Å²) in [6, 6.07) is 5.74. The predicted molar refractivity (Wildman–Crippen MR) is 101 cm³/mol. The number of fused-ring (bicyclic) bond motifs is 5. The zero-order valence-corrected chi connectivity index (χ0v) is 16.4. The normalized spacial score (nSPS) is 29.4. The number of hydrogen-bond donors (Lipinski definition) is 1. The molecule has 1 heterocycles. The average Bonchev–Trinajstić information content (AvgIpc) is 3.29. The maximum Gasteiger partial charge on any atom is 0.233 e. The molecule has 0 spiro atoms. The lowest BCUT2D eigenvalue weighted by molar-refractivity contribution is -0.140. The Morgan fingerprint density at radius 2 is 1.85 bits per heavy atom. The van der Waals surface area contributed by atoms with Crippen LogP contribution >= 0.6 is 15.9 Å². The Balaban J connectivity index is 1.38. The fourth-order valence-corrected chi connectivity index (χ4v) is 5.50. The van der Waals surface area contributed by atoms with Crippen LogP contribution in [0.2, 0.25) is 0 Å². The number of hydrogen-bond acceptors (Lipinski definition) is 3. The Morgan fingerprint density at radius 1 is 1.19 bits per heavy atom. The Kier molecular flexibility index (Phi) is 4.63. The number of benzene rings is 1. The molecular formula is C20H23BrN2O3. The van der Waals surface area contributed by atoms with Gasteiger partial charge in [0, 0.05) is 23.1 Å². The average molecular weight is 419 g/mol. The van der Waals surface area contributed by atoms with E-state index in [-0.39, 0.29) is 42.5 Å². The number of imide groups is 1. The second-order valence-electron chi connectivity index (χ2n) is 7.67. The van der Waals surface area contributed by atoms with E-state index >= 15 is 0 Å². The highest BCUT2D eigenvalue weighted by molar-refractivity contribution is 9.10. The van der Waals surface area contributed by atoms with Crippen LogP contribution in [0.3, 0.4) is 0 Å². The lowest BCUT2D eigenvalue weighted by Gasteiger charge is -2.19. The van der Waals surface area contributed by atoms with Gasteiger partial charge in [-0.1, -0.05) is 22.9 Å². The van der Waals surface area contributed by atoms with Crippen LogP contribution in [-0.4, -0.2) is 29.2 Å². The van der Waals surface area contributed by atoms with Crippen LogP contribution in [0.5, 0.6) is 0 Å². The fourth-order valence-electron chi connectivity index (χ4n) is 5.09. The van der Waals surface area contributed by atoms with Gasteiger partial charge in [0.1, 0.15) is 0 Å². The third kappa shape index (κ3) is 2.88. The van der Waals surface area contributed by atoms with Gasteiger partial charge in [-0.15, -0.1) is 0 Å². The zero-order valence-electron chi connectivity index (χ0n) is 14.8. The van der Waals surface area contributed by atoms with Crippen molar-refractivity contribution < 1.29 is 14.4 Å². The molecule has 4 rings (SSSR count). The van der Waals surface area contributed by atoms with Gasteiger partial charge in [0.05, 0.1) is 11.8 Å². The number of rotatable bonds is 5. The summed E-state index contributed by atoms with van der Waals surface area (Å²) >= 11 is 3.44. The van der Waals surface area contributed by atoms with E-state index in [1.54, 1.807) is 0 Å². The Hall–Kier alpha value is -1.69. The maximum absolute atomic E-state index is 12.7. The van der Waals surface area contributed by atoms with E-state index in [0.717, 1.165) is 41.4 Å². The van der Waals surface area contributed by atoms with E-state index in [1.807, 2.05) is 25.1 Å². The lowest BCUT2D eigenvalue weighted by atomic mass is 9.81. The third-order valence-electron chi connectivity index (χ3n) is 6.30. The van der Waals surface area contributed by atoms with Crippen molar-refractivity contribution >= 4 is 39.3 Å². The molecule has 138 valence electrons. The number of anilines is 1. The third-order valence-corrected chi connectivity index (χ3v) is 6.80. The summed E-state index contributed by atoms with van der Waals surface area (Å²) in [5.74, 6) is 0.300. The van der Waals surface area contributed by atoms with Gasteiger partial charge in [-0.05, 0) is 61.3 Å². The number of carbonyl (C=O) groups excluding carboxylic acids is 3. The molecule has 1 saturated heterocycles. The van der Waals surface area contributed by atoms with Gasteiger partial charge in [0.25, 0.3) is 0 Å². The van der Waals surface area contributed by atoms with E-state index in [0.29, 0.717) is 11.8 Å². The van der Waals surface area contributed by atoms with Crippen molar-refractivity contribution in [2.45, 2.75) is 39.0 Å². The smallest absolute Gasteiger partial charge is 0.233 e. The van der Waals surface area contributed by atoms with E-state index < -0.39 is 0 Å². The fraction of sp³-hybridized carbons (Fsp3) is 0.550. The van der Waals surface area contributed by atoms with Crippen LogP contribution in [0.1, 0.15) is 38.2 Å². The van der Waals surface area contributed by atoms with E-state index in [4.69, 9.17) is 0 Å². The van der Waals surface area contributed by atoms with Crippen molar-refractivity contribution in [3.8, 4) is 0 Å². The molecule has 5 nitrogen and oxygen atoms in total. The summed E-state index contributed by atoms with van der Waals surface area (Å²) in [6.45, 7) is 2.22. The summed E-state index contributed by atoms with van der Waals surface area (Å²) in [7, 11) is 0. The molecule has 3 aliphatic rings. The molecule has 0 radical (unpaired) electrons. The van der Waals surface area contributed by atoms with Crippen LogP contribution in [0.15, 0.2) is 22.7 Å². The molecule has 4 atom stereocenters. The highest BCUT2D eigenvalue weighted by Gasteiger charge is 2.60. The monoisotopic (exact) mass is 418 g/mol. The first-order chi connectivity index (χ1) is 12.5. The molecule has 1 aromatic carbocycles. The number of carbonyl (C=O) groups is 3.